The number of hydrogen-bond donors (Lipinski definition) is 2. The Labute approximate surface area is 258 Å². The number of rotatable bonds is 6. The molecule has 0 bridgehead atoms. The van der Waals surface area contributed by atoms with Crippen LogP contribution in [0.15, 0.2) is 87.1 Å². The average Bonchev–Trinajstić information content (AvgIpc) is 3.46. The van der Waals surface area contributed by atoms with Crippen molar-refractivity contribution in [3.63, 3.8) is 0 Å². The van der Waals surface area contributed by atoms with Crippen LogP contribution in [0.1, 0.15) is 21.9 Å². The lowest BCUT2D eigenvalue weighted by Gasteiger charge is -2.31. The van der Waals surface area contributed by atoms with Gasteiger partial charge in [0.15, 0.2) is 6.61 Å². The normalized spacial score (nSPS) is 19.6. The summed E-state index contributed by atoms with van der Waals surface area (Å²) in [6.45, 7) is -0.376. The van der Waals surface area contributed by atoms with Crippen molar-refractivity contribution in [1.82, 2.24) is 4.98 Å². The van der Waals surface area contributed by atoms with Crippen molar-refractivity contribution >= 4 is 68.1 Å². The third-order valence-corrected chi connectivity index (χ3v) is 9.87. The number of carbonyl (C=O) groups is 3. The molecule has 0 aliphatic carbocycles. The Morgan fingerprint density at radius 2 is 1.77 bits per heavy atom. The first-order valence-corrected chi connectivity index (χ1v) is 15.2. The number of nitrogens with one attached hydrogen (secondary N) is 2. The van der Waals surface area contributed by atoms with Crippen molar-refractivity contribution < 1.29 is 32.3 Å². The largest absolute Gasteiger partial charge is 0.483 e. The number of H-pyrrole nitrogens is 1. The molecule has 3 heterocycles. The van der Waals surface area contributed by atoms with Gasteiger partial charge in [0.2, 0.25) is 11.8 Å². The van der Waals surface area contributed by atoms with Crippen LogP contribution in [0.5, 0.6) is 5.75 Å². The molecule has 3 atom stereocenters. The van der Waals surface area contributed by atoms with E-state index in [1.807, 2.05) is 6.07 Å². The Morgan fingerprint density at radius 3 is 2.51 bits per heavy atom. The highest BCUT2D eigenvalue weighted by molar-refractivity contribution is 9.10. The average molecular weight is 691 g/mol. The van der Waals surface area contributed by atoms with Crippen molar-refractivity contribution in [2.24, 2.45) is 5.92 Å². The molecular weight excluding hydrogens is 671 g/mol. The maximum atomic E-state index is 14.0. The predicted molar refractivity (Wildman–Crippen MR) is 159 cm³/mol. The molecule has 0 radical (unpaired) electrons. The summed E-state index contributed by atoms with van der Waals surface area (Å²) in [5.74, 6) is -3.53. The Bertz CT molecular complexity index is 1810. The third kappa shape index (κ3) is 5.61. The fourth-order valence-electron chi connectivity index (χ4n) is 5.18. The second-order valence-corrected chi connectivity index (χ2v) is 12.8. The van der Waals surface area contributed by atoms with E-state index in [9.17, 15) is 32.3 Å². The highest BCUT2D eigenvalue weighted by Crippen LogP contribution is 2.55. The first kappa shape index (κ1) is 29.2. The monoisotopic (exact) mass is 689 g/mol. The van der Waals surface area contributed by atoms with E-state index in [0.717, 1.165) is 46.2 Å². The predicted octanol–water partition coefficient (Wildman–Crippen LogP) is 6.03. The Balaban J connectivity index is 1.38. The molecule has 0 unspecified atom stereocenters. The molecule has 2 aliphatic rings. The summed E-state index contributed by atoms with van der Waals surface area (Å²) in [4.78, 5) is 56.3. The second-order valence-electron chi connectivity index (χ2n) is 9.69. The zero-order chi connectivity index (χ0) is 30.5. The Kier molecular flexibility index (Phi) is 7.69. The third-order valence-electron chi connectivity index (χ3n) is 6.98. The zero-order valence-electron chi connectivity index (χ0n) is 21.7. The summed E-state index contributed by atoms with van der Waals surface area (Å²) in [5, 5.41) is 2.08. The molecule has 43 heavy (non-hydrogen) atoms. The molecule has 3 aromatic carbocycles. The maximum absolute atomic E-state index is 14.0. The Morgan fingerprint density at radius 1 is 1.00 bits per heavy atom. The van der Waals surface area contributed by atoms with Crippen LogP contribution in [0, 0.1) is 5.92 Å². The van der Waals surface area contributed by atoms with Crippen molar-refractivity contribution in [3.8, 4) is 5.75 Å². The number of hydrogen-bond acceptors (Lipinski definition) is 7. The summed E-state index contributed by atoms with van der Waals surface area (Å²) in [6, 6.07) is 17.8. The van der Waals surface area contributed by atoms with Gasteiger partial charge in [-0.3, -0.25) is 19.2 Å². The molecule has 4 aromatic rings. The molecule has 0 spiro atoms. The smallest absolute Gasteiger partial charge is 0.416 e. The summed E-state index contributed by atoms with van der Waals surface area (Å²) in [7, 11) is 0. The number of aromatic amines is 1. The molecule has 220 valence electrons. The van der Waals surface area contributed by atoms with Gasteiger partial charge in [-0.15, -0.1) is 0 Å². The standard InChI is InChI=1S/C29H19BrF3N3O5S2/c30-15-9-10-19(41-13-20(37)34-16-6-2-1-3-7-16)18(12-15)21-22-24(42-25-23(21)43-28(40)35-25)27(39)36(26(22)38)17-8-4-5-14(11-17)29(31,32)33/h1-12,21-22,24H,13H2,(H,34,37)(H,35,40)/t21-,22-,24+/m0/s1. The van der Waals surface area contributed by atoms with Crippen molar-refractivity contribution in [2.75, 3.05) is 16.8 Å². The van der Waals surface area contributed by atoms with Crippen molar-refractivity contribution in [1.29, 1.82) is 0 Å². The first-order chi connectivity index (χ1) is 20.5. The van der Waals surface area contributed by atoms with E-state index >= 15 is 0 Å². The van der Waals surface area contributed by atoms with E-state index in [2.05, 4.69) is 26.2 Å². The summed E-state index contributed by atoms with van der Waals surface area (Å²) >= 11 is 5.31. The molecule has 3 amide bonds. The minimum absolute atomic E-state index is 0.196. The molecule has 14 heteroatoms. The molecule has 1 fully saturated rings. The highest BCUT2D eigenvalue weighted by Gasteiger charge is 2.57. The van der Waals surface area contributed by atoms with Crippen molar-refractivity contribution in [2.45, 2.75) is 22.4 Å². The van der Waals surface area contributed by atoms with E-state index in [-0.39, 0.29) is 18.0 Å². The summed E-state index contributed by atoms with van der Waals surface area (Å²) in [6.07, 6.45) is -4.68. The van der Waals surface area contributed by atoms with Crippen LogP contribution in [0.4, 0.5) is 24.5 Å². The fraction of sp³-hybridized carbons (Fsp3) is 0.172. The van der Waals surface area contributed by atoms with Gasteiger partial charge in [-0.25, -0.2) is 4.90 Å². The van der Waals surface area contributed by atoms with E-state index in [1.165, 1.54) is 6.07 Å². The number of thiazole rings is 1. The zero-order valence-corrected chi connectivity index (χ0v) is 24.9. The van der Waals surface area contributed by atoms with Gasteiger partial charge in [0.25, 0.3) is 5.91 Å². The fourth-order valence-corrected chi connectivity index (χ4v) is 8.07. The highest BCUT2D eigenvalue weighted by atomic mass is 79.9. The van der Waals surface area contributed by atoms with E-state index < -0.39 is 51.4 Å². The number of thioether (sulfide) groups is 1. The number of amides is 3. The molecule has 1 aromatic heterocycles. The second kappa shape index (κ2) is 11.3. The molecule has 1 saturated heterocycles. The van der Waals surface area contributed by atoms with Gasteiger partial charge in [0, 0.05) is 26.5 Å². The van der Waals surface area contributed by atoms with E-state index in [0.29, 0.717) is 25.6 Å². The Hall–Kier alpha value is -3.88. The number of alkyl halides is 3. The number of carbonyl (C=O) groups excluding carboxylic acids is 3. The van der Waals surface area contributed by atoms with Gasteiger partial charge in [-0.2, -0.15) is 13.2 Å². The minimum Gasteiger partial charge on any atom is -0.483 e. The topological polar surface area (TPSA) is 109 Å². The van der Waals surface area contributed by atoms with Crippen LogP contribution in [0.25, 0.3) is 0 Å². The maximum Gasteiger partial charge on any atom is 0.416 e. The molecule has 6 rings (SSSR count). The SMILES string of the molecule is O=C(COc1ccc(Br)cc1[C@@H]1c2sc(=O)[nH]c2S[C@H]2C(=O)N(c3cccc(C(F)(F)F)c3)C(=O)[C@@H]12)Nc1ccccc1. The molecule has 2 aliphatic heterocycles. The number of benzene rings is 3. The van der Waals surface area contributed by atoms with Crippen LogP contribution in [-0.4, -0.2) is 34.6 Å². The van der Waals surface area contributed by atoms with Gasteiger partial charge >= 0.3 is 11.0 Å². The molecular formula is C29H19BrF3N3O5S2. The summed E-state index contributed by atoms with van der Waals surface area (Å²) < 4.78 is 46.9. The van der Waals surface area contributed by atoms with Crippen LogP contribution in [-0.2, 0) is 20.6 Å². The van der Waals surface area contributed by atoms with Crippen LogP contribution in [0.3, 0.4) is 0 Å². The number of ether oxygens (including phenoxy) is 1. The molecule has 0 saturated carbocycles. The van der Waals surface area contributed by atoms with E-state index in [4.69, 9.17) is 4.74 Å². The number of aromatic nitrogens is 1. The van der Waals surface area contributed by atoms with Gasteiger partial charge in [-0.05, 0) is 48.5 Å². The van der Waals surface area contributed by atoms with Crippen LogP contribution in [0.2, 0.25) is 0 Å². The number of para-hydroxylation sites is 1. The first-order valence-electron chi connectivity index (χ1n) is 12.7. The lowest BCUT2D eigenvalue weighted by molar-refractivity contribution is -0.137. The number of halogens is 4. The quantitative estimate of drug-likeness (QED) is 0.240. The number of anilines is 2. The lowest BCUT2D eigenvalue weighted by Crippen LogP contribution is -2.32. The molecule has 8 nitrogen and oxygen atoms in total. The van der Waals surface area contributed by atoms with Gasteiger partial charge in [0.1, 0.15) is 11.0 Å². The lowest BCUT2D eigenvalue weighted by atomic mass is 9.82. The van der Waals surface area contributed by atoms with Gasteiger partial charge in [-0.1, -0.05) is 63.3 Å². The van der Waals surface area contributed by atoms with Crippen molar-refractivity contribution in [3.05, 3.63) is 103 Å². The molecule has 2 N–H and O–H groups in total. The van der Waals surface area contributed by atoms with E-state index in [1.54, 1.807) is 42.5 Å². The van der Waals surface area contributed by atoms with Gasteiger partial charge < -0.3 is 15.0 Å². The van der Waals surface area contributed by atoms with Crippen LogP contribution >= 0.6 is 39.0 Å². The number of nitrogens with zero attached hydrogens (tertiary/aromatic N) is 1. The number of imide groups is 1. The summed E-state index contributed by atoms with van der Waals surface area (Å²) in [5.41, 5.74) is -0.185. The van der Waals surface area contributed by atoms with Gasteiger partial charge in [0.05, 0.1) is 22.2 Å². The number of fused-ring (bicyclic) bond motifs is 2. The minimum atomic E-state index is -4.68. The van der Waals surface area contributed by atoms with Crippen LogP contribution < -0.4 is 19.8 Å².